The lowest BCUT2D eigenvalue weighted by atomic mass is 10.0. The van der Waals surface area contributed by atoms with Gasteiger partial charge in [-0.2, -0.15) is 5.26 Å². The standard InChI is InChI=1S/C32H32N4O5.ClH/c1-32(10-12-34-19-32)36-31(37)21-3-5-25(28(16-21)38-2)29-17-26-30(41-29)24(7-11-35-26)20-4-6-27(22(15-20)18-33)40-23-8-13-39-14-9-23;/h3-7,11,15-17,23,34H,8-10,12-14,19H2,1-2H3,(H,36,37);1H. The highest BCUT2D eigenvalue weighted by Gasteiger charge is 2.30. The third-order valence-corrected chi connectivity index (χ3v) is 7.80. The third kappa shape index (κ3) is 5.93. The number of benzene rings is 2. The summed E-state index contributed by atoms with van der Waals surface area (Å²) in [4.78, 5) is 17.5. The number of ether oxygens (including phenoxy) is 3. The molecule has 2 aromatic carbocycles. The topological polar surface area (TPSA) is 119 Å². The first-order chi connectivity index (χ1) is 20.0. The Kier molecular flexibility index (Phi) is 8.69. The molecule has 2 aliphatic rings. The summed E-state index contributed by atoms with van der Waals surface area (Å²) >= 11 is 0. The van der Waals surface area contributed by atoms with E-state index in [-0.39, 0.29) is 30.0 Å². The zero-order chi connectivity index (χ0) is 28.4. The SMILES string of the molecule is COc1cc(C(=O)NC2(C)CCNC2)ccc1-c1cc2nccc(-c3ccc(OC4CCOCC4)c(C#N)c3)c2o1.Cl. The Bertz CT molecular complexity index is 1630. The third-order valence-electron chi connectivity index (χ3n) is 7.80. The second-order valence-corrected chi connectivity index (χ2v) is 10.8. The lowest BCUT2D eigenvalue weighted by Crippen LogP contribution is -2.47. The van der Waals surface area contributed by atoms with Gasteiger partial charge in [0.1, 0.15) is 34.9 Å². The number of fused-ring (bicyclic) bond motifs is 1. The summed E-state index contributed by atoms with van der Waals surface area (Å²) in [6.07, 6.45) is 4.25. The molecule has 0 bridgehead atoms. The van der Waals surface area contributed by atoms with Gasteiger partial charge in [0.05, 0.1) is 37.0 Å². The summed E-state index contributed by atoms with van der Waals surface area (Å²) in [6.45, 7) is 5.00. The number of furan rings is 1. The average molecular weight is 589 g/mol. The summed E-state index contributed by atoms with van der Waals surface area (Å²) in [6, 6.07) is 16.9. The number of rotatable bonds is 7. The monoisotopic (exact) mass is 588 g/mol. The molecule has 0 saturated carbocycles. The van der Waals surface area contributed by atoms with E-state index in [1.807, 2.05) is 43.3 Å². The van der Waals surface area contributed by atoms with E-state index < -0.39 is 0 Å². The first-order valence-electron chi connectivity index (χ1n) is 13.9. The van der Waals surface area contributed by atoms with E-state index in [1.165, 1.54) is 0 Å². The number of nitriles is 1. The summed E-state index contributed by atoms with van der Waals surface area (Å²) in [7, 11) is 1.57. The maximum absolute atomic E-state index is 13.0. The van der Waals surface area contributed by atoms with Crippen molar-refractivity contribution in [3.05, 3.63) is 65.9 Å². The first kappa shape index (κ1) is 29.4. The van der Waals surface area contributed by atoms with E-state index in [1.54, 1.807) is 25.4 Å². The Hall–Kier alpha value is -4.10. The van der Waals surface area contributed by atoms with Gasteiger partial charge < -0.3 is 29.3 Å². The lowest BCUT2D eigenvalue weighted by molar-refractivity contribution is 0.0254. The largest absolute Gasteiger partial charge is 0.496 e. The van der Waals surface area contributed by atoms with Crippen LogP contribution in [0, 0.1) is 11.3 Å². The molecule has 0 aliphatic carbocycles. The van der Waals surface area contributed by atoms with Gasteiger partial charge in [0, 0.05) is 42.8 Å². The van der Waals surface area contributed by atoms with Crippen LogP contribution >= 0.6 is 12.4 Å². The number of amides is 1. The fourth-order valence-electron chi connectivity index (χ4n) is 5.47. The number of aromatic nitrogens is 1. The second-order valence-electron chi connectivity index (χ2n) is 10.8. The van der Waals surface area contributed by atoms with Crippen molar-refractivity contribution in [3.8, 4) is 40.0 Å². The van der Waals surface area contributed by atoms with E-state index in [0.29, 0.717) is 58.3 Å². The zero-order valence-corrected chi connectivity index (χ0v) is 24.4. The number of methoxy groups -OCH3 is 1. The number of carbonyl (C=O) groups is 1. The van der Waals surface area contributed by atoms with Crippen LogP contribution in [0.5, 0.6) is 11.5 Å². The van der Waals surface area contributed by atoms with Gasteiger partial charge in [-0.3, -0.25) is 9.78 Å². The zero-order valence-electron chi connectivity index (χ0n) is 23.6. The van der Waals surface area contributed by atoms with E-state index in [4.69, 9.17) is 18.6 Å². The van der Waals surface area contributed by atoms with Gasteiger partial charge in [0.15, 0.2) is 5.58 Å². The molecule has 6 rings (SSSR count). The number of pyridine rings is 1. The molecule has 0 spiro atoms. The number of hydrogen-bond donors (Lipinski definition) is 2. The van der Waals surface area contributed by atoms with E-state index in [0.717, 1.165) is 43.5 Å². The van der Waals surface area contributed by atoms with Crippen LogP contribution in [0.2, 0.25) is 0 Å². The van der Waals surface area contributed by atoms with Gasteiger partial charge in [-0.25, -0.2) is 0 Å². The summed E-state index contributed by atoms with van der Waals surface area (Å²) < 4.78 is 23.6. The molecule has 42 heavy (non-hydrogen) atoms. The van der Waals surface area contributed by atoms with Crippen LogP contribution in [0.1, 0.15) is 42.1 Å². The van der Waals surface area contributed by atoms with Crippen molar-refractivity contribution in [1.29, 1.82) is 5.26 Å². The fraction of sp³-hybridized carbons (Fsp3) is 0.344. The van der Waals surface area contributed by atoms with Crippen LogP contribution in [0.25, 0.3) is 33.6 Å². The normalized spacial score (nSPS) is 18.7. The van der Waals surface area contributed by atoms with Gasteiger partial charge >= 0.3 is 0 Å². The van der Waals surface area contributed by atoms with E-state index in [2.05, 4.69) is 21.7 Å². The minimum absolute atomic E-state index is 0. The van der Waals surface area contributed by atoms with Crippen molar-refractivity contribution < 1.29 is 23.4 Å². The predicted molar refractivity (Wildman–Crippen MR) is 161 cm³/mol. The molecule has 2 aromatic heterocycles. The molecule has 2 fully saturated rings. The molecule has 2 aliphatic heterocycles. The molecule has 218 valence electrons. The van der Waals surface area contributed by atoms with Crippen molar-refractivity contribution in [1.82, 2.24) is 15.6 Å². The number of hydrogen-bond acceptors (Lipinski definition) is 8. The molecular formula is C32H33ClN4O5. The molecule has 1 atom stereocenters. The maximum atomic E-state index is 13.0. The Balaban J connectivity index is 0.00000353. The van der Waals surface area contributed by atoms with Gasteiger partial charge in [-0.05, 0) is 61.9 Å². The fourth-order valence-corrected chi connectivity index (χ4v) is 5.47. The Morgan fingerprint density at radius 3 is 2.69 bits per heavy atom. The summed E-state index contributed by atoms with van der Waals surface area (Å²) in [5.74, 6) is 1.51. The highest BCUT2D eigenvalue weighted by Crippen LogP contribution is 2.38. The molecule has 10 heteroatoms. The molecular weight excluding hydrogens is 556 g/mol. The molecule has 4 aromatic rings. The van der Waals surface area contributed by atoms with Gasteiger partial charge in [-0.1, -0.05) is 6.07 Å². The number of nitrogens with zero attached hydrogens (tertiary/aromatic N) is 2. The minimum Gasteiger partial charge on any atom is -0.496 e. The number of nitrogens with one attached hydrogen (secondary N) is 2. The van der Waals surface area contributed by atoms with Crippen molar-refractivity contribution in [2.75, 3.05) is 33.4 Å². The van der Waals surface area contributed by atoms with Gasteiger partial charge in [0.2, 0.25) is 0 Å². The Labute approximate surface area is 250 Å². The average Bonchev–Trinajstić information content (AvgIpc) is 3.63. The van der Waals surface area contributed by atoms with Crippen molar-refractivity contribution in [3.63, 3.8) is 0 Å². The number of carbonyl (C=O) groups excluding carboxylic acids is 1. The highest BCUT2D eigenvalue weighted by molar-refractivity contribution is 5.97. The van der Waals surface area contributed by atoms with Crippen LogP contribution in [-0.4, -0.2) is 55.9 Å². The van der Waals surface area contributed by atoms with Crippen molar-refractivity contribution in [2.24, 2.45) is 0 Å². The number of halogens is 1. The van der Waals surface area contributed by atoms with Crippen LogP contribution in [-0.2, 0) is 4.74 Å². The molecule has 0 radical (unpaired) electrons. The molecule has 1 amide bonds. The summed E-state index contributed by atoms with van der Waals surface area (Å²) in [5, 5.41) is 16.3. The minimum atomic E-state index is -0.273. The second kappa shape index (κ2) is 12.4. The molecule has 2 N–H and O–H groups in total. The molecule has 2 saturated heterocycles. The predicted octanol–water partition coefficient (Wildman–Crippen LogP) is 5.50. The van der Waals surface area contributed by atoms with Crippen molar-refractivity contribution in [2.45, 2.75) is 37.8 Å². The smallest absolute Gasteiger partial charge is 0.251 e. The van der Waals surface area contributed by atoms with Crippen LogP contribution in [0.4, 0.5) is 0 Å². The van der Waals surface area contributed by atoms with Crippen LogP contribution in [0.3, 0.4) is 0 Å². The Morgan fingerprint density at radius 1 is 1.12 bits per heavy atom. The molecule has 9 nitrogen and oxygen atoms in total. The lowest BCUT2D eigenvalue weighted by Gasteiger charge is -2.24. The first-order valence-corrected chi connectivity index (χ1v) is 13.9. The van der Waals surface area contributed by atoms with Crippen molar-refractivity contribution >= 4 is 29.4 Å². The quantitative estimate of drug-likeness (QED) is 0.290. The molecule has 1 unspecified atom stereocenters. The highest BCUT2D eigenvalue weighted by atomic mass is 35.5. The van der Waals surface area contributed by atoms with E-state index in [9.17, 15) is 10.1 Å². The van der Waals surface area contributed by atoms with Crippen LogP contribution in [0.15, 0.2) is 59.1 Å². The maximum Gasteiger partial charge on any atom is 0.251 e. The summed E-state index contributed by atoms with van der Waals surface area (Å²) in [5.41, 5.74) is 4.31. The van der Waals surface area contributed by atoms with Gasteiger partial charge in [0.25, 0.3) is 5.91 Å². The van der Waals surface area contributed by atoms with E-state index >= 15 is 0 Å². The van der Waals surface area contributed by atoms with Gasteiger partial charge in [-0.15, -0.1) is 12.4 Å². The van der Waals surface area contributed by atoms with Crippen LogP contribution < -0.4 is 20.1 Å². The molecule has 4 heterocycles. The Morgan fingerprint density at radius 2 is 1.95 bits per heavy atom.